The molecule has 78 valence electrons. The van der Waals surface area contributed by atoms with Gasteiger partial charge in [0.15, 0.2) is 0 Å². The second-order valence-corrected chi connectivity index (χ2v) is 4.73. The minimum atomic E-state index is -4.13. The summed E-state index contributed by atoms with van der Waals surface area (Å²) in [5, 5.41) is 1.59. The molecule has 0 amide bonds. The van der Waals surface area contributed by atoms with Crippen molar-refractivity contribution in [2.45, 2.75) is 11.8 Å². The molecular formula is C10H9NO3S. The summed E-state index contributed by atoms with van der Waals surface area (Å²) >= 11 is 0. The van der Waals surface area contributed by atoms with E-state index in [1.165, 1.54) is 12.1 Å². The molecule has 1 aromatic carbocycles. The van der Waals surface area contributed by atoms with E-state index in [0.717, 1.165) is 11.1 Å². The van der Waals surface area contributed by atoms with Crippen molar-refractivity contribution in [2.24, 2.45) is 0 Å². The van der Waals surface area contributed by atoms with Crippen molar-refractivity contribution in [3.8, 4) is 0 Å². The van der Waals surface area contributed by atoms with Crippen LogP contribution in [-0.2, 0) is 10.1 Å². The van der Waals surface area contributed by atoms with Crippen LogP contribution in [-0.4, -0.2) is 18.0 Å². The summed E-state index contributed by atoms with van der Waals surface area (Å²) in [5.41, 5.74) is 0.863. The Hall–Kier alpha value is -1.46. The fourth-order valence-electron chi connectivity index (χ4n) is 1.39. The topological polar surface area (TPSA) is 67.3 Å². The lowest BCUT2D eigenvalue weighted by Crippen LogP contribution is -1.97. The van der Waals surface area contributed by atoms with Crippen LogP contribution in [0.1, 0.15) is 5.69 Å². The maximum atomic E-state index is 10.9. The van der Waals surface area contributed by atoms with Gasteiger partial charge in [-0.25, -0.2) is 0 Å². The van der Waals surface area contributed by atoms with E-state index < -0.39 is 10.1 Å². The Kier molecular flexibility index (Phi) is 2.21. The summed E-state index contributed by atoms with van der Waals surface area (Å²) in [4.78, 5) is 3.94. The maximum Gasteiger partial charge on any atom is 0.294 e. The maximum absolute atomic E-state index is 10.9. The number of hydrogen-bond acceptors (Lipinski definition) is 3. The second-order valence-electron chi connectivity index (χ2n) is 3.31. The monoisotopic (exact) mass is 223 g/mol. The molecule has 5 heteroatoms. The molecule has 15 heavy (non-hydrogen) atoms. The third-order valence-corrected chi connectivity index (χ3v) is 2.98. The van der Waals surface area contributed by atoms with Crippen LogP contribution >= 0.6 is 0 Å². The van der Waals surface area contributed by atoms with Gasteiger partial charge in [0.2, 0.25) is 0 Å². The number of pyridine rings is 1. The molecule has 0 aliphatic rings. The molecule has 1 N–H and O–H groups in total. The number of hydrogen-bond donors (Lipinski definition) is 1. The Morgan fingerprint density at radius 2 is 1.93 bits per heavy atom. The van der Waals surface area contributed by atoms with Gasteiger partial charge in [-0.3, -0.25) is 9.54 Å². The summed E-state index contributed by atoms with van der Waals surface area (Å²) in [7, 11) is -4.13. The highest BCUT2D eigenvalue weighted by molar-refractivity contribution is 7.85. The Balaban J connectivity index is 2.73. The molecule has 2 aromatic rings. The minimum Gasteiger partial charge on any atom is -0.282 e. The third kappa shape index (κ3) is 1.98. The lowest BCUT2D eigenvalue weighted by atomic mass is 10.1. The first kappa shape index (κ1) is 10.1. The zero-order valence-electron chi connectivity index (χ0n) is 8.01. The predicted molar refractivity (Wildman–Crippen MR) is 56.3 cm³/mol. The first-order valence-electron chi connectivity index (χ1n) is 4.31. The van der Waals surface area contributed by atoms with Crippen LogP contribution in [0.3, 0.4) is 0 Å². The average Bonchev–Trinajstić information content (AvgIpc) is 2.15. The molecule has 0 aliphatic carbocycles. The minimum absolute atomic E-state index is 0.111. The number of aromatic nitrogens is 1. The van der Waals surface area contributed by atoms with E-state index in [1.807, 2.05) is 13.0 Å². The Bertz CT molecular complexity index is 620. The molecule has 0 spiro atoms. The Morgan fingerprint density at radius 3 is 2.60 bits per heavy atom. The summed E-state index contributed by atoms with van der Waals surface area (Å²) < 4.78 is 30.6. The van der Waals surface area contributed by atoms with Gasteiger partial charge in [0.05, 0.1) is 4.90 Å². The Morgan fingerprint density at radius 1 is 1.20 bits per heavy atom. The highest BCUT2D eigenvalue weighted by Gasteiger charge is 2.09. The van der Waals surface area contributed by atoms with Crippen molar-refractivity contribution in [3.05, 3.63) is 36.2 Å². The molecule has 4 nitrogen and oxygen atoms in total. The molecular weight excluding hydrogens is 214 g/mol. The van der Waals surface area contributed by atoms with Gasteiger partial charge in [0.25, 0.3) is 10.1 Å². The van der Waals surface area contributed by atoms with Gasteiger partial charge in [0.1, 0.15) is 0 Å². The summed E-state index contributed by atoms with van der Waals surface area (Å²) in [6.45, 7) is 1.86. The van der Waals surface area contributed by atoms with Gasteiger partial charge in [-0.15, -0.1) is 0 Å². The quantitative estimate of drug-likeness (QED) is 0.748. The molecule has 0 radical (unpaired) electrons. The fourth-order valence-corrected chi connectivity index (χ4v) is 1.91. The summed E-state index contributed by atoms with van der Waals surface area (Å²) in [6.07, 6.45) is 1.58. The van der Waals surface area contributed by atoms with Crippen molar-refractivity contribution >= 4 is 20.9 Å². The first-order valence-corrected chi connectivity index (χ1v) is 5.75. The predicted octanol–water partition coefficient (Wildman–Crippen LogP) is 1.79. The smallest absolute Gasteiger partial charge is 0.282 e. The second kappa shape index (κ2) is 3.29. The first-order chi connectivity index (χ1) is 6.97. The zero-order valence-corrected chi connectivity index (χ0v) is 8.82. The average molecular weight is 223 g/mol. The number of nitrogens with zero attached hydrogens (tertiary/aromatic N) is 1. The standard InChI is InChI=1S/C10H9NO3S/c1-7-4-8-2-3-10(15(12,13)14)5-9(8)6-11-7/h2-6H,1H3,(H,12,13,14). The van der Waals surface area contributed by atoms with Gasteiger partial charge in [0, 0.05) is 17.3 Å². The van der Waals surface area contributed by atoms with E-state index in [0.29, 0.717) is 5.39 Å². The van der Waals surface area contributed by atoms with E-state index in [4.69, 9.17) is 4.55 Å². The van der Waals surface area contributed by atoms with Gasteiger partial charge in [-0.2, -0.15) is 8.42 Å². The van der Waals surface area contributed by atoms with E-state index >= 15 is 0 Å². The number of benzene rings is 1. The molecule has 0 saturated heterocycles. The summed E-state index contributed by atoms with van der Waals surface area (Å²) in [6, 6.07) is 6.27. The van der Waals surface area contributed by atoms with Gasteiger partial charge < -0.3 is 0 Å². The lowest BCUT2D eigenvalue weighted by molar-refractivity contribution is 0.483. The van der Waals surface area contributed by atoms with Crippen molar-refractivity contribution in [3.63, 3.8) is 0 Å². The molecule has 2 rings (SSSR count). The highest BCUT2D eigenvalue weighted by Crippen LogP contribution is 2.18. The van der Waals surface area contributed by atoms with Gasteiger partial charge in [-0.1, -0.05) is 6.07 Å². The van der Waals surface area contributed by atoms with Crippen LogP contribution in [0.4, 0.5) is 0 Å². The van der Waals surface area contributed by atoms with Crippen molar-refractivity contribution in [2.75, 3.05) is 0 Å². The van der Waals surface area contributed by atoms with Crippen molar-refractivity contribution in [1.82, 2.24) is 4.98 Å². The number of aryl methyl sites for hydroxylation is 1. The Labute approximate surface area is 87.3 Å². The van der Waals surface area contributed by atoms with E-state index in [9.17, 15) is 8.42 Å². The number of rotatable bonds is 1. The molecule has 0 atom stereocenters. The number of fused-ring (bicyclic) bond motifs is 1. The zero-order chi connectivity index (χ0) is 11.1. The van der Waals surface area contributed by atoms with Crippen LogP contribution in [0.5, 0.6) is 0 Å². The van der Waals surface area contributed by atoms with Crippen LogP contribution < -0.4 is 0 Å². The van der Waals surface area contributed by atoms with Crippen molar-refractivity contribution < 1.29 is 13.0 Å². The van der Waals surface area contributed by atoms with Crippen LogP contribution in [0, 0.1) is 6.92 Å². The van der Waals surface area contributed by atoms with Gasteiger partial charge >= 0.3 is 0 Å². The largest absolute Gasteiger partial charge is 0.294 e. The van der Waals surface area contributed by atoms with E-state index in [2.05, 4.69) is 4.98 Å². The molecule has 0 fully saturated rings. The third-order valence-electron chi connectivity index (χ3n) is 2.13. The van der Waals surface area contributed by atoms with Crippen LogP contribution in [0.2, 0.25) is 0 Å². The van der Waals surface area contributed by atoms with Crippen molar-refractivity contribution in [1.29, 1.82) is 0 Å². The summed E-state index contributed by atoms with van der Waals surface area (Å²) in [5.74, 6) is 0. The SMILES string of the molecule is Cc1cc2ccc(S(=O)(=O)O)cc2cn1. The molecule has 1 heterocycles. The van der Waals surface area contributed by atoms with Crippen LogP contribution in [0.15, 0.2) is 35.4 Å². The van der Waals surface area contributed by atoms with E-state index in [1.54, 1.807) is 12.3 Å². The molecule has 0 saturated carbocycles. The molecule has 0 aliphatic heterocycles. The molecule has 0 bridgehead atoms. The van der Waals surface area contributed by atoms with Gasteiger partial charge in [-0.05, 0) is 30.5 Å². The van der Waals surface area contributed by atoms with E-state index in [-0.39, 0.29) is 4.90 Å². The molecule has 0 unspecified atom stereocenters. The normalized spacial score (nSPS) is 11.9. The highest BCUT2D eigenvalue weighted by atomic mass is 32.2. The fraction of sp³-hybridized carbons (Fsp3) is 0.100. The lowest BCUT2D eigenvalue weighted by Gasteiger charge is -2.01. The van der Waals surface area contributed by atoms with Crippen LogP contribution in [0.25, 0.3) is 10.8 Å². The molecule has 1 aromatic heterocycles.